The van der Waals surface area contributed by atoms with Crippen molar-refractivity contribution in [3.8, 4) is 0 Å². The summed E-state index contributed by atoms with van der Waals surface area (Å²) in [7, 11) is 0. The molecule has 2 aliphatic heterocycles. The van der Waals surface area contributed by atoms with Crippen molar-refractivity contribution < 1.29 is 24.1 Å². The van der Waals surface area contributed by atoms with E-state index in [1.807, 2.05) is 0 Å². The second-order valence-electron chi connectivity index (χ2n) is 8.94. The lowest BCUT2D eigenvalue weighted by Gasteiger charge is -2.44. The zero-order valence-corrected chi connectivity index (χ0v) is 17.8. The number of hydrogen-bond donors (Lipinski definition) is 1. The van der Waals surface area contributed by atoms with Gasteiger partial charge in [-0.2, -0.15) is 0 Å². The van der Waals surface area contributed by atoms with Crippen LogP contribution in [0.3, 0.4) is 0 Å². The maximum atomic E-state index is 11.4. The van der Waals surface area contributed by atoms with Crippen LogP contribution in [0, 0.1) is 5.92 Å². The predicted octanol–water partition coefficient (Wildman–Crippen LogP) is 4.17. The standard InChI is InChI=1S/C22H38O5/c1-16(2)8-9-19(26-18(4)24)17(3)7-6-11-21(5)20-10-12-22(27-20,13-14-23)15-25-21/h8,17,19-20,23H,6-7,9-15H2,1-5H3. The smallest absolute Gasteiger partial charge is 0.302 e. The van der Waals surface area contributed by atoms with Crippen LogP contribution in [-0.2, 0) is 19.0 Å². The van der Waals surface area contributed by atoms with Crippen LogP contribution >= 0.6 is 0 Å². The van der Waals surface area contributed by atoms with E-state index in [9.17, 15) is 9.90 Å². The zero-order valence-electron chi connectivity index (χ0n) is 17.8. The van der Waals surface area contributed by atoms with Gasteiger partial charge in [0.2, 0.25) is 0 Å². The molecule has 0 aromatic rings. The van der Waals surface area contributed by atoms with E-state index < -0.39 is 0 Å². The largest absolute Gasteiger partial charge is 0.462 e. The third-order valence-electron chi connectivity index (χ3n) is 6.21. The van der Waals surface area contributed by atoms with Crippen molar-refractivity contribution in [3.05, 3.63) is 11.6 Å². The topological polar surface area (TPSA) is 65.0 Å². The van der Waals surface area contributed by atoms with Crippen molar-refractivity contribution in [1.82, 2.24) is 0 Å². The molecule has 27 heavy (non-hydrogen) atoms. The van der Waals surface area contributed by atoms with Gasteiger partial charge in [-0.3, -0.25) is 4.79 Å². The molecular weight excluding hydrogens is 344 g/mol. The molecule has 5 heteroatoms. The third-order valence-corrected chi connectivity index (χ3v) is 6.21. The van der Waals surface area contributed by atoms with Crippen LogP contribution in [-0.4, -0.2) is 47.7 Å². The molecule has 2 bridgehead atoms. The van der Waals surface area contributed by atoms with E-state index in [1.54, 1.807) is 0 Å². The molecule has 2 fully saturated rings. The Hall–Kier alpha value is -0.910. The van der Waals surface area contributed by atoms with Crippen molar-refractivity contribution in [2.75, 3.05) is 13.2 Å². The van der Waals surface area contributed by atoms with Crippen molar-refractivity contribution in [1.29, 1.82) is 0 Å². The van der Waals surface area contributed by atoms with Crippen LogP contribution in [0.4, 0.5) is 0 Å². The lowest BCUT2D eigenvalue weighted by Crippen LogP contribution is -2.52. The summed E-state index contributed by atoms with van der Waals surface area (Å²) in [6, 6.07) is 0. The van der Waals surface area contributed by atoms with Gasteiger partial charge in [0, 0.05) is 26.4 Å². The lowest BCUT2D eigenvalue weighted by atomic mass is 9.87. The average molecular weight is 383 g/mol. The Morgan fingerprint density at radius 3 is 2.70 bits per heavy atom. The molecule has 2 saturated heterocycles. The summed E-state index contributed by atoms with van der Waals surface area (Å²) in [5, 5.41) is 9.28. The Morgan fingerprint density at radius 1 is 1.33 bits per heavy atom. The molecule has 2 rings (SSSR count). The molecule has 5 atom stereocenters. The highest BCUT2D eigenvalue weighted by molar-refractivity contribution is 5.66. The Labute approximate surface area is 164 Å². The highest BCUT2D eigenvalue weighted by atomic mass is 16.6. The Bertz CT molecular complexity index is 527. The molecule has 0 aromatic heterocycles. The van der Waals surface area contributed by atoms with E-state index in [0.717, 1.165) is 38.5 Å². The second kappa shape index (κ2) is 9.53. The third kappa shape index (κ3) is 6.03. The van der Waals surface area contributed by atoms with Crippen LogP contribution in [0.5, 0.6) is 0 Å². The first kappa shape index (κ1) is 22.4. The fraction of sp³-hybridized carbons (Fsp3) is 0.864. The molecule has 0 saturated carbocycles. The summed E-state index contributed by atoms with van der Waals surface area (Å²) < 4.78 is 18.1. The maximum Gasteiger partial charge on any atom is 0.302 e. The van der Waals surface area contributed by atoms with E-state index >= 15 is 0 Å². The van der Waals surface area contributed by atoms with Crippen LogP contribution in [0.2, 0.25) is 0 Å². The van der Waals surface area contributed by atoms with Gasteiger partial charge in [0.05, 0.1) is 23.9 Å². The SMILES string of the molecule is CC(=O)OC(CC=C(C)C)C(C)CCCC1(C)OCC2(CCO)CCC1O2. The molecule has 5 unspecified atom stereocenters. The first-order chi connectivity index (χ1) is 12.7. The number of rotatable bonds is 10. The number of ether oxygens (including phenoxy) is 3. The number of carbonyl (C=O) groups is 1. The fourth-order valence-electron chi connectivity index (χ4n) is 4.35. The Kier molecular flexibility index (Phi) is 7.90. The van der Waals surface area contributed by atoms with Gasteiger partial charge in [-0.25, -0.2) is 0 Å². The fourth-order valence-corrected chi connectivity index (χ4v) is 4.35. The summed E-state index contributed by atoms with van der Waals surface area (Å²) in [6.07, 6.45) is 8.52. The molecule has 5 nitrogen and oxygen atoms in total. The van der Waals surface area contributed by atoms with Crippen molar-refractivity contribution in [2.24, 2.45) is 5.92 Å². The summed E-state index contributed by atoms with van der Waals surface area (Å²) >= 11 is 0. The summed E-state index contributed by atoms with van der Waals surface area (Å²) in [6.45, 7) is 10.7. The number of fused-ring (bicyclic) bond motifs is 2. The molecule has 156 valence electrons. The Balaban J connectivity index is 1.85. The molecule has 0 spiro atoms. The molecule has 0 aliphatic carbocycles. The van der Waals surface area contributed by atoms with Crippen LogP contribution in [0.25, 0.3) is 0 Å². The van der Waals surface area contributed by atoms with Gasteiger partial charge >= 0.3 is 5.97 Å². The van der Waals surface area contributed by atoms with E-state index in [0.29, 0.717) is 18.9 Å². The second-order valence-corrected chi connectivity index (χ2v) is 8.94. The van der Waals surface area contributed by atoms with Gasteiger partial charge in [-0.05, 0) is 52.4 Å². The first-order valence-corrected chi connectivity index (χ1v) is 10.4. The van der Waals surface area contributed by atoms with Crippen LogP contribution < -0.4 is 0 Å². The summed E-state index contributed by atoms with van der Waals surface area (Å²) in [5.74, 6) is 0.0887. The highest BCUT2D eigenvalue weighted by Crippen LogP contribution is 2.46. The number of esters is 1. The van der Waals surface area contributed by atoms with Gasteiger partial charge in [-0.15, -0.1) is 0 Å². The molecule has 1 N–H and O–H groups in total. The number of allylic oxidation sites excluding steroid dienone is 1. The first-order valence-electron chi connectivity index (χ1n) is 10.4. The van der Waals surface area contributed by atoms with Gasteiger partial charge in [0.15, 0.2) is 0 Å². The number of aliphatic hydroxyl groups is 1. The van der Waals surface area contributed by atoms with Gasteiger partial charge in [0.25, 0.3) is 0 Å². The van der Waals surface area contributed by atoms with Crippen LogP contribution in [0.15, 0.2) is 11.6 Å². The predicted molar refractivity (Wildman–Crippen MR) is 106 cm³/mol. The lowest BCUT2D eigenvalue weighted by molar-refractivity contribution is -0.243. The number of carbonyl (C=O) groups excluding carboxylic acids is 1. The molecule has 0 radical (unpaired) electrons. The summed E-state index contributed by atoms with van der Waals surface area (Å²) in [4.78, 5) is 11.4. The van der Waals surface area contributed by atoms with Gasteiger partial charge in [-0.1, -0.05) is 25.0 Å². The quantitative estimate of drug-likeness (QED) is 0.454. The van der Waals surface area contributed by atoms with Crippen molar-refractivity contribution in [2.45, 2.75) is 103 Å². The minimum Gasteiger partial charge on any atom is -0.462 e. The average Bonchev–Trinajstić information content (AvgIpc) is 2.96. The zero-order chi connectivity index (χ0) is 20.1. The van der Waals surface area contributed by atoms with E-state index in [1.165, 1.54) is 12.5 Å². The van der Waals surface area contributed by atoms with E-state index in [4.69, 9.17) is 14.2 Å². The number of hydrogen-bond acceptors (Lipinski definition) is 5. The highest BCUT2D eigenvalue weighted by Gasteiger charge is 2.53. The molecule has 2 heterocycles. The maximum absolute atomic E-state index is 11.4. The molecule has 2 aliphatic rings. The summed E-state index contributed by atoms with van der Waals surface area (Å²) in [5.41, 5.74) is 0.718. The van der Waals surface area contributed by atoms with Crippen LogP contribution in [0.1, 0.15) is 79.6 Å². The van der Waals surface area contributed by atoms with E-state index in [-0.39, 0.29) is 36.0 Å². The normalized spacial score (nSPS) is 32.0. The minimum absolute atomic E-state index is 0.0718. The minimum atomic E-state index is -0.267. The van der Waals surface area contributed by atoms with E-state index in [2.05, 4.69) is 33.8 Å². The monoisotopic (exact) mass is 382 g/mol. The number of aliphatic hydroxyl groups excluding tert-OH is 1. The van der Waals surface area contributed by atoms with Gasteiger partial charge in [0.1, 0.15) is 6.10 Å². The van der Waals surface area contributed by atoms with Gasteiger partial charge < -0.3 is 19.3 Å². The molecule has 0 amide bonds. The van der Waals surface area contributed by atoms with Crippen molar-refractivity contribution >= 4 is 5.97 Å². The Morgan fingerprint density at radius 2 is 2.07 bits per heavy atom. The van der Waals surface area contributed by atoms with Crippen molar-refractivity contribution in [3.63, 3.8) is 0 Å². The molecule has 0 aromatic carbocycles. The molecular formula is C22H38O5.